The molecule has 4 rings (SSSR count). The van der Waals surface area contributed by atoms with Crippen LogP contribution in [0.3, 0.4) is 0 Å². The van der Waals surface area contributed by atoms with Gasteiger partial charge in [0.05, 0.1) is 0 Å². The summed E-state index contributed by atoms with van der Waals surface area (Å²) in [5.74, 6) is 0. The van der Waals surface area contributed by atoms with Gasteiger partial charge in [-0.05, 0) is 20.8 Å². The van der Waals surface area contributed by atoms with Crippen molar-refractivity contribution in [3.8, 4) is 0 Å². The van der Waals surface area contributed by atoms with E-state index in [0.29, 0.717) is 0 Å². The largest absolute Gasteiger partial charge is 4.00 e. The molecule has 0 N–H and O–H groups in total. The molecule has 0 fully saturated rings. The molecule has 0 aliphatic heterocycles. The molecule has 164 valence electrons. The fourth-order valence-electron chi connectivity index (χ4n) is 4.43. The van der Waals surface area contributed by atoms with Gasteiger partial charge >= 0.3 is 21.7 Å². The first-order valence-electron chi connectivity index (χ1n) is 9.95. The van der Waals surface area contributed by atoms with Crippen molar-refractivity contribution in [1.29, 1.82) is 0 Å². The van der Waals surface area contributed by atoms with Crippen molar-refractivity contribution in [2.24, 2.45) is 0 Å². The van der Waals surface area contributed by atoms with Crippen molar-refractivity contribution in [2.75, 3.05) is 0 Å². The van der Waals surface area contributed by atoms with Crippen molar-refractivity contribution in [3.63, 3.8) is 0 Å². The van der Waals surface area contributed by atoms with Gasteiger partial charge in [-0.1, -0.05) is 112 Å². The maximum atomic E-state index is 2.40. The van der Waals surface area contributed by atoms with Crippen molar-refractivity contribution >= 4 is 28.8 Å². The average Bonchev–Trinajstić information content (AvgIpc) is 3.09. The summed E-state index contributed by atoms with van der Waals surface area (Å²) in [6, 6.07) is 34.5. The third kappa shape index (κ3) is 5.83. The smallest absolute Gasteiger partial charge is 1.00 e. The monoisotopic (exact) mass is 532 g/mol. The van der Waals surface area contributed by atoms with E-state index in [1.807, 2.05) is 0 Å². The molecule has 0 aromatic heterocycles. The van der Waals surface area contributed by atoms with Crippen LogP contribution in [-0.4, -0.2) is 8.07 Å². The van der Waals surface area contributed by atoms with E-state index in [2.05, 4.69) is 119 Å². The van der Waals surface area contributed by atoms with Gasteiger partial charge < -0.3 is 37.2 Å². The number of rotatable bonds is 4. The molecule has 4 aromatic rings. The molecule has 0 saturated heterocycles. The number of halogens is 3. The molecule has 5 heteroatoms. The zero-order chi connectivity index (χ0) is 19.7. The second-order valence-corrected chi connectivity index (χ2v) is 11.8. The first kappa shape index (κ1) is 30.8. The Hall–Kier alpha value is -1.19. The van der Waals surface area contributed by atoms with Gasteiger partial charge in [0.25, 0.3) is 0 Å². The van der Waals surface area contributed by atoms with E-state index in [9.17, 15) is 0 Å². The normalized spacial score (nSPS) is 10.1. The Balaban J connectivity index is 0.00000240. The molecule has 0 aliphatic rings. The van der Waals surface area contributed by atoms with Crippen LogP contribution in [0.1, 0.15) is 22.3 Å². The van der Waals surface area contributed by atoms with Crippen LogP contribution in [0.4, 0.5) is 0 Å². The molecule has 0 radical (unpaired) electrons. The van der Waals surface area contributed by atoms with Crippen LogP contribution in [-0.2, 0) is 21.7 Å². The van der Waals surface area contributed by atoms with Crippen LogP contribution in [0.25, 0.3) is 0 Å². The first-order chi connectivity index (χ1) is 13.5. The molecular formula is C27H27Cl3SiTi. The van der Waals surface area contributed by atoms with Gasteiger partial charge in [-0.15, -0.1) is 5.19 Å². The van der Waals surface area contributed by atoms with Crippen LogP contribution < -0.4 is 58.0 Å². The van der Waals surface area contributed by atoms with Gasteiger partial charge in [-0.3, -0.25) is 0 Å². The Morgan fingerprint density at radius 2 is 0.906 bits per heavy atom. The molecule has 0 atom stereocenters. The molecular weight excluding hydrogens is 507 g/mol. The number of aryl methyl sites for hydroxylation is 4. The van der Waals surface area contributed by atoms with E-state index in [1.54, 1.807) is 0 Å². The van der Waals surface area contributed by atoms with Gasteiger partial charge in [-0.25, -0.2) is 11.6 Å². The zero-order valence-corrected chi connectivity index (χ0v) is 23.6. The molecule has 0 amide bonds. The summed E-state index contributed by atoms with van der Waals surface area (Å²) in [5, 5.41) is 5.82. The minimum Gasteiger partial charge on any atom is -1.00 e. The summed E-state index contributed by atoms with van der Waals surface area (Å²) >= 11 is 0. The van der Waals surface area contributed by atoms with E-state index in [4.69, 9.17) is 0 Å². The second kappa shape index (κ2) is 12.9. The number of hydrogen-bond acceptors (Lipinski definition) is 0. The topological polar surface area (TPSA) is 0 Å². The van der Waals surface area contributed by atoms with Gasteiger partial charge in [0.2, 0.25) is 0 Å². The van der Waals surface area contributed by atoms with Crippen molar-refractivity contribution in [3.05, 3.63) is 113 Å². The van der Waals surface area contributed by atoms with E-state index < -0.39 is 8.07 Å². The minimum atomic E-state index is -2.37. The Morgan fingerprint density at radius 3 is 1.19 bits per heavy atom. The van der Waals surface area contributed by atoms with Gasteiger partial charge in [0.1, 0.15) is 8.07 Å². The number of hydrogen-bond donors (Lipinski definition) is 0. The van der Waals surface area contributed by atoms with Crippen molar-refractivity contribution < 1.29 is 58.9 Å². The summed E-state index contributed by atoms with van der Waals surface area (Å²) in [5.41, 5.74) is 5.29. The predicted octanol–water partition coefficient (Wildman–Crippen LogP) is -4.97. The third-order valence-electron chi connectivity index (χ3n) is 5.70. The van der Waals surface area contributed by atoms with Crippen molar-refractivity contribution in [1.82, 2.24) is 0 Å². The maximum absolute atomic E-state index is 2.40. The standard InChI is InChI=1S/C27H27Si.3ClH.Ti/c1-20-8-5-11-24(16-20)28(27-15-14-23(4)19-27,25-12-6-9-21(2)17-25)26-13-7-10-22(3)18-26;;;;/h5-19H,1-4H3;3*1H;/q-1;;;;+4/p-3. The van der Waals surface area contributed by atoms with Crippen molar-refractivity contribution in [2.45, 2.75) is 27.7 Å². The summed E-state index contributed by atoms with van der Waals surface area (Å²) in [6.07, 6.45) is 0. The Labute approximate surface area is 227 Å². The van der Waals surface area contributed by atoms with Crippen LogP contribution >= 0.6 is 0 Å². The molecule has 32 heavy (non-hydrogen) atoms. The minimum absolute atomic E-state index is 0. The fraction of sp³-hybridized carbons (Fsp3) is 0.148. The van der Waals surface area contributed by atoms with Gasteiger partial charge in [0, 0.05) is 0 Å². The summed E-state index contributed by atoms with van der Waals surface area (Å²) < 4.78 is 0. The van der Waals surface area contributed by atoms with Gasteiger partial charge in [-0.2, -0.15) is 12.1 Å². The Morgan fingerprint density at radius 1 is 0.531 bits per heavy atom. The van der Waals surface area contributed by atoms with Crippen LogP contribution in [0.2, 0.25) is 0 Å². The number of benzene rings is 3. The van der Waals surface area contributed by atoms with Crippen LogP contribution in [0.15, 0.2) is 91.0 Å². The molecule has 0 spiro atoms. The average molecular weight is 534 g/mol. The Kier molecular flexibility index (Phi) is 12.4. The second-order valence-electron chi connectivity index (χ2n) is 8.04. The molecule has 0 bridgehead atoms. The van der Waals surface area contributed by atoms with E-state index in [0.717, 1.165) is 0 Å². The molecule has 0 unspecified atom stereocenters. The predicted molar refractivity (Wildman–Crippen MR) is 125 cm³/mol. The fourth-order valence-corrected chi connectivity index (χ4v) is 9.58. The first-order valence-corrected chi connectivity index (χ1v) is 12.0. The summed E-state index contributed by atoms with van der Waals surface area (Å²) in [4.78, 5) is 0. The molecule has 0 nitrogen and oxygen atoms in total. The quantitative estimate of drug-likeness (QED) is 0.140. The van der Waals surface area contributed by atoms with Gasteiger partial charge in [0.15, 0.2) is 0 Å². The molecule has 0 saturated carbocycles. The maximum Gasteiger partial charge on any atom is 4.00 e. The summed E-state index contributed by atoms with van der Waals surface area (Å²) in [6.45, 7) is 8.80. The molecule has 0 heterocycles. The van der Waals surface area contributed by atoms with E-state index in [1.165, 1.54) is 43.0 Å². The zero-order valence-electron chi connectivity index (χ0n) is 18.8. The van der Waals surface area contributed by atoms with E-state index in [-0.39, 0.29) is 58.9 Å². The summed E-state index contributed by atoms with van der Waals surface area (Å²) in [7, 11) is -2.37. The van der Waals surface area contributed by atoms with Crippen LogP contribution in [0, 0.1) is 27.7 Å². The molecule has 0 aliphatic carbocycles. The van der Waals surface area contributed by atoms with E-state index >= 15 is 0 Å². The Bertz CT molecular complexity index is 1030. The van der Waals surface area contributed by atoms with Crippen LogP contribution in [0.5, 0.6) is 0 Å². The molecule has 4 aromatic carbocycles. The SMILES string of the molecule is Cc1cccc([Si](c2cccc(C)c2)(c2cccc(C)c2)[c-]2ccc(C)c2)c1.[Cl-].[Cl-].[Cl-].[Ti+4]. The third-order valence-corrected chi connectivity index (χ3v) is 10.4.